The first kappa shape index (κ1) is 28.9. The Bertz CT molecular complexity index is 1010. The lowest BCUT2D eigenvalue weighted by atomic mass is 9.46. The maximum atomic E-state index is 12.1. The molecule has 5 saturated carbocycles. The zero-order valence-electron chi connectivity index (χ0n) is 26.5. The van der Waals surface area contributed by atoms with Gasteiger partial charge in [-0.15, -0.1) is 0 Å². The molecule has 7 aliphatic rings. The summed E-state index contributed by atoms with van der Waals surface area (Å²) in [6.45, 7) is 14.5. The Morgan fingerprint density at radius 2 is 1.78 bits per heavy atom. The average molecular weight is 573 g/mol. The van der Waals surface area contributed by atoms with Crippen LogP contribution in [0.4, 0.5) is 4.79 Å². The Labute approximate surface area is 247 Å². The van der Waals surface area contributed by atoms with Crippen LogP contribution >= 0.6 is 0 Å². The Morgan fingerprint density at radius 3 is 2.51 bits per heavy atom. The van der Waals surface area contributed by atoms with Crippen molar-refractivity contribution < 1.29 is 23.7 Å². The van der Waals surface area contributed by atoms with Gasteiger partial charge in [0.05, 0.1) is 24.9 Å². The second-order valence-corrected chi connectivity index (χ2v) is 16.3. The molecule has 2 aliphatic heterocycles. The van der Waals surface area contributed by atoms with Crippen molar-refractivity contribution in [3.8, 4) is 0 Å². The number of amides is 1. The second kappa shape index (κ2) is 10.1. The van der Waals surface area contributed by atoms with Crippen molar-refractivity contribution in [2.75, 3.05) is 26.7 Å². The summed E-state index contributed by atoms with van der Waals surface area (Å²) in [6.07, 6.45) is 12.9. The Hall–Kier alpha value is -0.890. The molecule has 7 heteroatoms. The van der Waals surface area contributed by atoms with Crippen molar-refractivity contribution in [2.45, 2.75) is 130 Å². The van der Waals surface area contributed by atoms with Gasteiger partial charge < -0.3 is 29.6 Å². The molecule has 2 N–H and O–H groups in total. The Morgan fingerprint density at radius 1 is 0.976 bits per heavy atom. The highest BCUT2D eigenvalue weighted by Gasteiger charge is 2.80. The van der Waals surface area contributed by atoms with Gasteiger partial charge in [0, 0.05) is 20.1 Å². The third-order valence-electron chi connectivity index (χ3n) is 14.2. The molecule has 2 spiro atoms. The van der Waals surface area contributed by atoms with Crippen molar-refractivity contribution in [1.82, 2.24) is 10.6 Å². The fourth-order valence-corrected chi connectivity index (χ4v) is 12.4. The first-order valence-corrected chi connectivity index (χ1v) is 17.1. The van der Waals surface area contributed by atoms with E-state index in [0.717, 1.165) is 43.9 Å². The van der Waals surface area contributed by atoms with Gasteiger partial charge in [-0.05, 0) is 115 Å². The van der Waals surface area contributed by atoms with Gasteiger partial charge in [0.25, 0.3) is 0 Å². The summed E-state index contributed by atoms with van der Waals surface area (Å²) < 4.78 is 25.4. The topological polar surface area (TPSA) is 78.1 Å². The zero-order valence-corrected chi connectivity index (χ0v) is 26.5. The predicted octanol–water partition coefficient (Wildman–Crippen LogP) is 5.90. The maximum absolute atomic E-state index is 12.1. The number of alkyl carbamates (subject to hydrolysis) is 1. The van der Waals surface area contributed by atoms with Gasteiger partial charge in [0.1, 0.15) is 6.10 Å². The molecule has 0 aromatic rings. The van der Waals surface area contributed by atoms with Crippen LogP contribution in [0.3, 0.4) is 0 Å². The molecule has 232 valence electrons. The number of carbonyl (C=O) groups excluding carboxylic acids is 1. The first-order chi connectivity index (χ1) is 19.6. The summed E-state index contributed by atoms with van der Waals surface area (Å²) in [5, 5.41) is 6.09. The lowest BCUT2D eigenvalue weighted by Gasteiger charge is -2.60. The minimum absolute atomic E-state index is 0.00804. The highest BCUT2D eigenvalue weighted by atomic mass is 16.7. The van der Waals surface area contributed by atoms with E-state index in [1.54, 1.807) is 7.05 Å². The van der Waals surface area contributed by atoms with E-state index in [0.29, 0.717) is 28.3 Å². The van der Waals surface area contributed by atoms with Crippen LogP contribution in [0.25, 0.3) is 0 Å². The standard InChI is InChI=1S/C34H56N2O5/c1-20(2)29(41-30(37)35-6)24-9-7-22-25(39-24)17-23-21-8-10-26-31(3,4)27(40-28-18-36-15-16-38-28)11-12-34(26)19-33(21,34)14-13-32(22,23)5/h20-29,36H,7-19H2,1-6H3,(H,35,37)/t21?,22?,23?,24?,25-,26+,27+,28?,29-,32?,33+,34?/m1/s1. The first-order valence-electron chi connectivity index (χ1n) is 17.1. The van der Waals surface area contributed by atoms with Crippen molar-refractivity contribution in [3.63, 3.8) is 0 Å². The largest absolute Gasteiger partial charge is 0.443 e. The summed E-state index contributed by atoms with van der Waals surface area (Å²) in [6, 6.07) is 0. The molecule has 7 fully saturated rings. The molecule has 2 heterocycles. The van der Waals surface area contributed by atoms with Gasteiger partial charge in [0.15, 0.2) is 6.29 Å². The van der Waals surface area contributed by atoms with Gasteiger partial charge >= 0.3 is 6.09 Å². The number of morpholine rings is 1. The van der Waals surface area contributed by atoms with Gasteiger partial charge in [-0.25, -0.2) is 4.79 Å². The Balaban J connectivity index is 1.07. The molecule has 0 aromatic heterocycles. The number of fused-ring (bicyclic) bond motifs is 4. The van der Waals surface area contributed by atoms with Gasteiger partial charge in [-0.3, -0.25) is 0 Å². The van der Waals surface area contributed by atoms with E-state index in [4.69, 9.17) is 18.9 Å². The molecule has 0 bridgehead atoms. The highest BCUT2D eigenvalue weighted by molar-refractivity contribution is 5.66. The van der Waals surface area contributed by atoms with Crippen LogP contribution in [0.1, 0.15) is 98.8 Å². The van der Waals surface area contributed by atoms with Crippen LogP contribution in [0.5, 0.6) is 0 Å². The van der Waals surface area contributed by atoms with Crippen LogP contribution in [0, 0.1) is 51.2 Å². The predicted molar refractivity (Wildman–Crippen MR) is 157 cm³/mol. The van der Waals surface area contributed by atoms with Crippen LogP contribution in [-0.4, -0.2) is 63.5 Å². The number of rotatable bonds is 5. The smallest absolute Gasteiger partial charge is 0.407 e. The molecule has 12 atom stereocenters. The number of carbonyl (C=O) groups is 1. The summed E-state index contributed by atoms with van der Waals surface area (Å²) in [5.74, 6) is 3.24. The van der Waals surface area contributed by atoms with Crippen LogP contribution < -0.4 is 10.6 Å². The normalized spacial score (nSPS) is 50.4. The Kier molecular flexibility index (Phi) is 7.09. The molecule has 41 heavy (non-hydrogen) atoms. The molecule has 7 unspecified atom stereocenters. The van der Waals surface area contributed by atoms with Crippen LogP contribution in [-0.2, 0) is 18.9 Å². The highest BCUT2D eigenvalue weighted by Crippen LogP contribution is 2.87. The van der Waals surface area contributed by atoms with E-state index in [2.05, 4.69) is 45.3 Å². The minimum atomic E-state index is -0.342. The molecule has 7 rings (SSSR count). The van der Waals surface area contributed by atoms with Gasteiger partial charge in [-0.2, -0.15) is 0 Å². The fourth-order valence-electron chi connectivity index (χ4n) is 12.4. The van der Waals surface area contributed by atoms with Gasteiger partial charge in [0.2, 0.25) is 0 Å². The summed E-state index contributed by atoms with van der Waals surface area (Å²) in [5.41, 5.74) is 1.64. The van der Waals surface area contributed by atoms with E-state index in [-0.39, 0.29) is 42.0 Å². The van der Waals surface area contributed by atoms with Crippen molar-refractivity contribution in [2.24, 2.45) is 51.2 Å². The molecule has 7 nitrogen and oxygen atoms in total. The molecule has 0 aromatic carbocycles. The van der Waals surface area contributed by atoms with Gasteiger partial charge in [-0.1, -0.05) is 34.6 Å². The van der Waals surface area contributed by atoms with Crippen molar-refractivity contribution in [1.29, 1.82) is 0 Å². The van der Waals surface area contributed by atoms with Crippen LogP contribution in [0.15, 0.2) is 0 Å². The number of hydrogen-bond donors (Lipinski definition) is 2. The minimum Gasteiger partial charge on any atom is -0.443 e. The average Bonchev–Trinajstić information content (AvgIpc) is 3.53. The quantitative estimate of drug-likeness (QED) is 0.427. The zero-order chi connectivity index (χ0) is 28.8. The van der Waals surface area contributed by atoms with E-state index in [9.17, 15) is 4.79 Å². The van der Waals surface area contributed by atoms with E-state index >= 15 is 0 Å². The van der Waals surface area contributed by atoms with Crippen molar-refractivity contribution >= 4 is 6.09 Å². The number of hydrogen-bond acceptors (Lipinski definition) is 6. The number of ether oxygens (including phenoxy) is 4. The van der Waals surface area contributed by atoms with E-state index in [1.165, 1.54) is 57.8 Å². The molecular weight excluding hydrogens is 516 g/mol. The third-order valence-corrected chi connectivity index (χ3v) is 14.2. The molecular formula is C34H56N2O5. The lowest BCUT2D eigenvalue weighted by molar-refractivity contribution is -0.232. The van der Waals surface area contributed by atoms with E-state index < -0.39 is 0 Å². The molecule has 0 radical (unpaired) electrons. The lowest BCUT2D eigenvalue weighted by Crippen LogP contribution is -2.56. The molecule has 1 amide bonds. The summed E-state index contributed by atoms with van der Waals surface area (Å²) >= 11 is 0. The van der Waals surface area contributed by atoms with Crippen LogP contribution in [0.2, 0.25) is 0 Å². The molecule has 2 saturated heterocycles. The van der Waals surface area contributed by atoms with E-state index in [1.807, 2.05) is 0 Å². The second-order valence-electron chi connectivity index (χ2n) is 16.3. The fraction of sp³-hybridized carbons (Fsp3) is 0.971. The maximum Gasteiger partial charge on any atom is 0.407 e. The third kappa shape index (κ3) is 4.21. The monoisotopic (exact) mass is 572 g/mol. The SMILES string of the molecule is CNC(=O)O[C@H](C(C)C)C1CCC2[C@@H](CC3C4CC[C@H]5C(C)(C)[C@@H](OC6CNCCO6)CCC56C[C@@]46CCC32C)O1. The van der Waals surface area contributed by atoms with Crippen molar-refractivity contribution in [3.05, 3.63) is 0 Å². The number of nitrogens with one attached hydrogen (secondary N) is 2. The summed E-state index contributed by atoms with van der Waals surface area (Å²) in [7, 11) is 1.64. The molecule has 5 aliphatic carbocycles. The summed E-state index contributed by atoms with van der Waals surface area (Å²) in [4.78, 5) is 12.1.